The fourth-order valence-electron chi connectivity index (χ4n) is 23.1. The molecule has 0 saturated heterocycles. The summed E-state index contributed by atoms with van der Waals surface area (Å²) in [6.07, 6.45) is 15.9. The molecule has 0 aliphatic carbocycles. The Kier molecular flexibility index (Phi) is 20.5. The molecule has 5 aromatic heterocycles. The highest BCUT2D eigenvalue weighted by atomic mass is 15.0. The van der Waals surface area contributed by atoms with E-state index < -0.39 is 0 Å². The van der Waals surface area contributed by atoms with Gasteiger partial charge in [0.05, 0.1) is 33.1 Å². The maximum atomic E-state index is 2.52. The van der Waals surface area contributed by atoms with Crippen LogP contribution < -0.4 is 0 Å². The van der Waals surface area contributed by atoms with E-state index in [0.717, 1.165) is 135 Å². The van der Waals surface area contributed by atoms with E-state index >= 15 is 0 Å². The standard InChI is InChI=1S/C138H95N5/c1-3-139-127-39-18-12-34-114(127)122-83-94(58-79-129(122)139)48-47-91-51-62-98(63-52-91)99-67-69-102(70-68-99)120(84-95-59-80-130-123(85-95)115-35-13-19-40-128(115)140(130)4-2)103-72-78-119-126(87-103)138(116-38-24-26-100-25-8-9-29-109(100)116)118-37-11-10-36-117(118)137(119)105-74-82-136-125(88-105)124-86-104(73-81-135(124)141(136)106-27-6-5-7-28-106)121-89-108(143-133-43-22-16-32-112(133)113-33-17-23-44-134(113)143)77-71-101(121)66-55-93-53-64-97(65-54-93)96-60-49-90(50-61-96)45-46-92-56-75-107(76-57-92)142-131-41-20-14-30-110(131)111-31-15-21-42-132(111)142/h5-89H,3-4H2,1-2H3/b46-45+,48-47+,66-55+,120-84-. The second kappa shape index (κ2) is 34.9. The molecule has 0 saturated carbocycles. The third kappa shape index (κ3) is 14.5. The van der Waals surface area contributed by atoms with Gasteiger partial charge in [-0.05, 0) is 291 Å². The molecule has 0 N–H and O–H groups in total. The maximum absolute atomic E-state index is 2.52. The van der Waals surface area contributed by atoms with Gasteiger partial charge in [-0.3, -0.25) is 0 Å². The summed E-state index contributed by atoms with van der Waals surface area (Å²) in [5.74, 6) is 0. The number of benzene rings is 22. The summed E-state index contributed by atoms with van der Waals surface area (Å²) >= 11 is 0. The van der Waals surface area contributed by atoms with E-state index in [9.17, 15) is 0 Å². The highest BCUT2D eigenvalue weighted by Crippen LogP contribution is 2.50. The minimum atomic E-state index is 0.874. The molecule has 0 aliphatic rings. The second-order valence-electron chi connectivity index (χ2n) is 37.9. The van der Waals surface area contributed by atoms with Crippen LogP contribution in [0.3, 0.4) is 0 Å². The lowest BCUT2D eigenvalue weighted by Gasteiger charge is -2.20. The SMILES string of the molecule is CCn1c2ccccc2c2cc(/C=C(/c3ccc(-c4ccc(/C=C/c5ccc6c(c5)c5ccccc5n6CC)cc4)cc3)c3ccc4c(-c5ccc6c(c5)c5cc(-c7cc(-n8c9ccccc9c9ccccc98)ccc7/C=C/c7ccc(-c8ccc(/C=C/c9ccc(-n%10c%11ccccc%11c%11ccccc%11%10)cc9)cc8)cc7)ccc5n6-c5ccccc5)c5ccccc5c(-c5cccc6ccccc56)c4c3)ccc21. The lowest BCUT2D eigenvalue weighted by molar-refractivity contribution is 0.827. The van der Waals surface area contributed by atoms with Gasteiger partial charge in [-0.15, -0.1) is 0 Å². The normalized spacial score (nSPS) is 12.3. The van der Waals surface area contributed by atoms with E-state index in [2.05, 4.69) is 552 Å². The number of aromatic nitrogens is 5. The Morgan fingerprint density at radius 3 is 1.06 bits per heavy atom. The minimum absolute atomic E-state index is 0.874. The van der Waals surface area contributed by atoms with Crippen molar-refractivity contribution >= 4 is 189 Å². The van der Waals surface area contributed by atoms with Gasteiger partial charge in [0.1, 0.15) is 0 Å². The molecule has 22 aromatic carbocycles. The predicted molar refractivity (Wildman–Crippen MR) is 612 cm³/mol. The van der Waals surface area contributed by atoms with E-state index in [4.69, 9.17) is 0 Å². The zero-order chi connectivity index (χ0) is 94.7. The summed E-state index contributed by atoms with van der Waals surface area (Å²) < 4.78 is 12.1. The quantitative estimate of drug-likeness (QED) is 0.0569. The number of para-hydroxylation sites is 7. The maximum Gasteiger partial charge on any atom is 0.0541 e. The lowest BCUT2D eigenvalue weighted by atomic mass is 9.83. The first kappa shape index (κ1) is 83.9. The van der Waals surface area contributed by atoms with Gasteiger partial charge in [-0.25, -0.2) is 0 Å². The number of hydrogen-bond acceptors (Lipinski definition) is 0. The predicted octanol–water partition coefficient (Wildman–Crippen LogP) is 37.1. The summed E-state index contributed by atoms with van der Waals surface area (Å²) in [6.45, 7) is 6.28. The Balaban J connectivity index is 0.573. The highest BCUT2D eigenvalue weighted by Gasteiger charge is 2.25. The Morgan fingerprint density at radius 2 is 0.531 bits per heavy atom. The molecular formula is C138H95N5. The van der Waals surface area contributed by atoms with E-state index in [1.165, 1.54) is 147 Å². The van der Waals surface area contributed by atoms with Crippen molar-refractivity contribution in [3.8, 4) is 72.7 Å². The van der Waals surface area contributed by atoms with Crippen LogP contribution >= 0.6 is 0 Å². The van der Waals surface area contributed by atoms with Gasteiger partial charge in [0.25, 0.3) is 0 Å². The number of fused-ring (bicyclic) bond motifs is 18. The molecule has 5 heterocycles. The van der Waals surface area contributed by atoms with Crippen LogP contribution in [-0.4, -0.2) is 22.8 Å². The molecule has 5 heteroatoms. The molecule has 0 unspecified atom stereocenters. The van der Waals surface area contributed by atoms with E-state index in [1.807, 2.05) is 0 Å². The third-order valence-electron chi connectivity index (χ3n) is 29.9. The molecule has 0 spiro atoms. The van der Waals surface area contributed by atoms with Crippen molar-refractivity contribution in [1.29, 1.82) is 0 Å². The van der Waals surface area contributed by atoms with Crippen molar-refractivity contribution in [3.05, 3.63) is 523 Å². The average Bonchev–Trinajstić information content (AvgIpc) is 1.66. The van der Waals surface area contributed by atoms with E-state index in [-0.39, 0.29) is 0 Å². The van der Waals surface area contributed by atoms with Crippen LogP contribution in [0.4, 0.5) is 0 Å². The van der Waals surface area contributed by atoms with Gasteiger partial charge in [0, 0.05) is 106 Å². The monoisotopic (exact) mass is 1820 g/mol. The Bertz CT molecular complexity index is 9820. The van der Waals surface area contributed by atoms with Gasteiger partial charge in [0.15, 0.2) is 0 Å². The van der Waals surface area contributed by atoms with Crippen LogP contribution in [0.15, 0.2) is 473 Å². The molecule has 672 valence electrons. The van der Waals surface area contributed by atoms with Crippen LogP contribution in [0.2, 0.25) is 0 Å². The third-order valence-corrected chi connectivity index (χ3v) is 29.9. The van der Waals surface area contributed by atoms with E-state index in [0.29, 0.717) is 0 Å². The van der Waals surface area contributed by atoms with Crippen LogP contribution in [0.1, 0.15) is 63.9 Å². The Morgan fingerprint density at radius 1 is 0.189 bits per heavy atom. The zero-order valence-corrected chi connectivity index (χ0v) is 79.2. The van der Waals surface area contributed by atoms with Gasteiger partial charge < -0.3 is 22.8 Å². The van der Waals surface area contributed by atoms with Crippen molar-refractivity contribution in [2.75, 3.05) is 0 Å². The van der Waals surface area contributed by atoms with Crippen LogP contribution in [0.5, 0.6) is 0 Å². The molecule has 27 aromatic rings. The van der Waals surface area contributed by atoms with Crippen LogP contribution in [0.25, 0.3) is 262 Å². The molecule has 0 bridgehead atoms. The van der Waals surface area contributed by atoms with Crippen molar-refractivity contribution in [2.24, 2.45) is 0 Å². The van der Waals surface area contributed by atoms with Crippen molar-refractivity contribution in [2.45, 2.75) is 26.9 Å². The summed E-state index contributed by atoms with van der Waals surface area (Å²) in [6, 6.07) is 176. The highest BCUT2D eigenvalue weighted by molar-refractivity contribution is 6.26. The van der Waals surface area contributed by atoms with Crippen LogP contribution in [-0.2, 0) is 13.1 Å². The number of nitrogens with zero attached hydrogens (tertiary/aromatic N) is 5. The summed E-state index contributed by atoms with van der Waals surface area (Å²) in [7, 11) is 0. The fraction of sp³-hybridized carbons (Fsp3) is 0.0290. The topological polar surface area (TPSA) is 24.6 Å². The van der Waals surface area contributed by atoms with Gasteiger partial charge in [-0.1, -0.05) is 382 Å². The summed E-state index contributed by atoms with van der Waals surface area (Å²) in [5, 5.41) is 19.5. The Hall–Kier alpha value is -18.4. The van der Waals surface area contributed by atoms with Crippen molar-refractivity contribution in [3.63, 3.8) is 0 Å². The summed E-state index contributed by atoms with van der Waals surface area (Å²) in [4.78, 5) is 0. The van der Waals surface area contributed by atoms with Crippen molar-refractivity contribution < 1.29 is 0 Å². The molecule has 143 heavy (non-hydrogen) atoms. The molecule has 0 atom stereocenters. The molecule has 0 amide bonds. The average molecular weight is 1820 g/mol. The number of aryl methyl sites for hydroxylation is 2. The zero-order valence-electron chi connectivity index (χ0n) is 79.2. The number of rotatable bonds is 19. The smallest absolute Gasteiger partial charge is 0.0541 e. The molecule has 27 rings (SSSR count). The number of hydrogen-bond donors (Lipinski definition) is 0. The van der Waals surface area contributed by atoms with E-state index in [1.54, 1.807) is 0 Å². The van der Waals surface area contributed by atoms with Crippen molar-refractivity contribution in [1.82, 2.24) is 22.8 Å². The largest absolute Gasteiger partial charge is 0.341 e. The molecule has 0 fully saturated rings. The van der Waals surface area contributed by atoms with Gasteiger partial charge >= 0.3 is 0 Å². The first-order valence-corrected chi connectivity index (χ1v) is 49.8. The molecule has 0 aliphatic heterocycles. The summed E-state index contributed by atoms with van der Waals surface area (Å²) in [5.41, 5.74) is 38.4. The molecule has 5 nitrogen and oxygen atoms in total. The van der Waals surface area contributed by atoms with Crippen LogP contribution in [0, 0.1) is 0 Å². The van der Waals surface area contributed by atoms with Gasteiger partial charge in [0.2, 0.25) is 0 Å². The lowest BCUT2D eigenvalue weighted by Crippen LogP contribution is -1.96. The first-order chi connectivity index (χ1) is 70.8. The molecule has 0 radical (unpaired) electrons. The molecular weight excluding hydrogens is 1730 g/mol. The second-order valence-corrected chi connectivity index (χ2v) is 37.9. The fourth-order valence-corrected chi connectivity index (χ4v) is 23.1. The first-order valence-electron chi connectivity index (χ1n) is 49.8. The van der Waals surface area contributed by atoms with Gasteiger partial charge in [-0.2, -0.15) is 0 Å². The Labute approximate surface area is 829 Å². The minimum Gasteiger partial charge on any atom is -0.341 e.